The molecular formula is C17H23F3N4O3. The van der Waals surface area contributed by atoms with Gasteiger partial charge in [-0.3, -0.25) is 9.59 Å². The normalized spacial score (nSPS) is 17.9. The lowest BCUT2D eigenvalue weighted by atomic mass is 9.96. The molecule has 2 rings (SSSR count). The molecule has 10 heteroatoms. The Kier molecular flexibility index (Phi) is 7.11. The van der Waals surface area contributed by atoms with E-state index in [1.54, 1.807) is 4.90 Å². The fourth-order valence-corrected chi connectivity index (χ4v) is 2.88. The van der Waals surface area contributed by atoms with E-state index in [1.165, 1.54) is 14.0 Å². The van der Waals surface area contributed by atoms with E-state index in [2.05, 4.69) is 15.3 Å². The summed E-state index contributed by atoms with van der Waals surface area (Å²) < 4.78 is 43.3. The van der Waals surface area contributed by atoms with Crippen molar-refractivity contribution < 1.29 is 27.5 Å². The molecule has 1 saturated heterocycles. The second-order valence-electron chi connectivity index (χ2n) is 6.42. The van der Waals surface area contributed by atoms with Crippen molar-refractivity contribution in [1.82, 2.24) is 20.2 Å². The van der Waals surface area contributed by atoms with Gasteiger partial charge < -0.3 is 15.0 Å². The molecular weight excluding hydrogens is 365 g/mol. The van der Waals surface area contributed by atoms with E-state index in [9.17, 15) is 22.8 Å². The molecule has 150 valence electrons. The molecule has 0 radical (unpaired) electrons. The number of ether oxygens (including phenoxy) is 1. The number of hydrogen-bond donors (Lipinski definition) is 1. The number of likely N-dealkylation sites (tertiary alicyclic amines) is 1. The van der Waals surface area contributed by atoms with E-state index in [1.807, 2.05) is 0 Å². The maximum atomic E-state index is 12.8. The molecule has 1 atom stereocenters. The van der Waals surface area contributed by atoms with Gasteiger partial charge in [-0.2, -0.15) is 13.2 Å². The highest BCUT2D eigenvalue weighted by atomic mass is 19.4. The van der Waals surface area contributed by atoms with Gasteiger partial charge in [0.2, 0.25) is 11.8 Å². The summed E-state index contributed by atoms with van der Waals surface area (Å²) in [4.78, 5) is 33.2. The Labute approximate surface area is 155 Å². The molecule has 0 bridgehead atoms. The zero-order valence-electron chi connectivity index (χ0n) is 15.3. The lowest BCUT2D eigenvalue weighted by molar-refractivity contribution is -0.141. The number of methoxy groups -OCH3 is 1. The summed E-state index contributed by atoms with van der Waals surface area (Å²) in [7, 11) is 1.54. The summed E-state index contributed by atoms with van der Waals surface area (Å²) in [5.74, 6) is -0.551. The van der Waals surface area contributed by atoms with E-state index < -0.39 is 11.9 Å². The first-order valence-electron chi connectivity index (χ1n) is 8.67. The number of carbonyl (C=O) groups excluding carboxylic acids is 2. The molecule has 0 aromatic carbocycles. The average molecular weight is 388 g/mol. The summed E-state index contributed by atoms with van der Waals surface area (Å²) in [6.07, 6.45) is -3.70. The molecule has 0 spiro atoms. The standard InChI is InChI=1S/C17H23F3N4O3/c1-11-9-13(17(18,19)20)23-14(22-11)5-6-21-16(26)12-3-4-15(25)24(10-12)7-8-27-2/h9,12H,3-8,10H2,1-2H3,(H,21,26). The van der Waals surface area contributed by atoms with Crippen LogP contribution in [0.5, 0.6) is 0 Å². The lowest BCUT2D eigenvalue weighted by Crippen LogP contribution is -2.47. The molecule has 0 saturated carbocycles. The molecule has 1 fully saturated rings. The highest BCUT2D eigenvalue weighted by Gasteiger charge is 2.33. The van der Waals surface area contributed by atoms with Crippen molar-refractivity contribution in [2.75, 3.05) is 33.4 Å². The molecule has 7 nitrogen and oxygen atoms in total. The zero-order chi connectivity index (χ0) is 20.0. The Morgan fingerprint density at radius 1 is 1.41 bits per heavy atom. The number of nitrogens with zero attached hydrogens (tertiary/aromatic N) is 3. The van der Waals surface area contributed by atoms with Gasteiger partial charge in [-0.15, -0.1) is 0 Å². The van der Waals surface area contributed by atoms with Gasteiger partial charge in [0.15, 0.2) is 0 Å². The first-order valence-corrected chi connectivity index (χ1v) is 8.67. The topological polar surface area (TPSA) is 84.4 Å². The predicted molar refractivity (Wildman–Crippen MR) is 89.7 cm³/mol. The molecule has 2 amide bonds. The van der Waals surface area contributed by atoms with Crippen LogP contribution in [0.25, 0.3) is 0 Å². The Morgan fingerprint density at radius 3 is 2.81 bits per heavy atom. The van der Waals surface area contributed by atoms with Crippen LogP contribution in [0.2, 0.25) is 0 Å². The van der Waals surface area contributed by atoms with Crippen LogP contribution < -0.4 is 5.32 Å². The lowest BCUT2D eigenvalue weighted by Gasteiger charge is -2.31. The van der Waals surface area contributed by atoms with Gasteiger partial charge in [0.05, 0.1) is 12.5 Å². The molecule has 1 aromatic rings. The van der Waals surface area contributed by atoms with Crippen molar-refractivity contribution in [2.24, 2.45) is 5.92 Å². The average Bonchev–Trinajstić information content (AvgIpc) is 2.59. The SMILES string of the molecule is COCCN1CC(C(=O)NCCc2nc(C)cc(C(F)(F)F)n2)CCC1=O. The van der Waals surface area contributed by atoms with Gasteiger partial charge in [0.25, 0.3) is 0 Å². The highest BCUT2D eigenvalue weighted by molar-refractivity contribution is 5.83. The van der Waals surface area contributed by atoms with Crippen molar-refractivity contribution >= 4 is 11.8 Å². The predicted octanol–water partition coefficient (Wildman–Crippen LogP) is 1.35. The number of piperidine rings is 1. The van der Waals surface area contributed by atoms with Crippen molar-refractivity contribution in [1.29, 1.82) is 0 Å². The molecule has 27 heavy (non-hydrogen) atoms. The monoisotopic (exact) mass is 388 g/mol. The summed E-state index contributed by atoms with van der Waals surface area (Å²) in [5.41, 5.74) is -0.769. The third-order valence-electron chi connectivity index (χ3n) is 4.28. The Morgan fingerprint density at radius 2 is 2.15 bits per heavy atom. The van der Waals surface area contributed by atoms with Crippen LogP contribution in [-0.4, -0.2) is 60.0 Å². The summed E-state index contributed by atoms with van der Waals surface area (Å²) in [6, 6.07) is 0.885. The zero-order valence-corrected chi connectivity index (χ0v) is 15.3. The minimum atomic E-state index is -4.54. The number of amides is 2. The number of halogens is 3. The van der Waals surface area contributed by atoms with Crippen LogP contribution in [-0.2, 0) is 26.9 Å². The van der Waals surface area contributed by atoms with Gasteiger partial charge >= 0.3 is 6.18 Å². The van der Waals surface area contributed by atoms with Gasteiger partial charge in [-0.05, 0) is 19.4 Å². The number of rotatable bonds is 7. The van der Waals surface area contributed by atoms with E-state index in [-0.39, 0.29) is 48.6 Å². The summed E-state index contributed by atoms with van der Waals surface area (Å²) >= 11 is 0. The van der Waals surface area contributed by atoms with Crippen molar-refractivity contribution in [3.05, 3.63) is 23.3 Å². The maximum absolute atomic E-state index is 12.8. The van der Waals surface area contributed by atoms with Crippen LogP contribution in [0.4, 0.5) is 13.2 Å². The van der Waals surface area contributed by atoms with Gasteiger partial charge in [-0.1, -0.05) is 0 Å². The van der Waals surface area contributed by atoms with E-state index in [0.717, 1.165) is 6.07 Å². The molecule has 1 aliphatic heterocycles. The molecule has 2 heterocycles. The molecule has 1 aliphatic rings. The minimum Gasteiger partial charge on any atom is -0.383 e. The number of hydrogen-bond acceptors (Lipinski definition) is 5. The Bertz CT molecular complexity index is 682. The maximum Gasteiger partial charge on any atom is 0.433 e. The van der Waals surface area contributed by atoms with E-state index in [0.29, 0.717) is 26.1 Å². The second kappa shape index (κ2) is 9.12. The highest BCUT2D eigenvalue weighted by Crippen LogP contribution is 2.27. The smallest absolute Gasteiger partial charge is 0.383 e. The summed E-state index contributed by atoms with van der Waals surface area (Å²) in [5, 5.41) is 2.70. The first kappa shape index (κ1) is 21.1. The number of alkyl halides is 3. The van der Waals surface area contributed by atoms with Crippen molar-refractivity contribution in [3.8, 4) is 0 Å². The van der Waals surface area contributed by atoms with Gasteiger partial charge in [0.1, 0.15) is 11.5 Å². The molecule has 1 N–H and O–H groups in total. The summed E-state index contributed by atoms with van der Waals surface area (Å²) in [6.45, 7) is 2.73. The third kappa shape index (κ3) is 6.16. The van der Waals surface area contributed by atoms with Gasteiger partial charge in [0, 0.05) is 45.3 Å². The van der Waals surface area contributed by atoms with Crippen molar-refractivity contribution in [2.45, 2.75) is 32.4 Å². The van der Waals surface area contributed by atoms with Crippen LogP contribution in [0.3, 0.4) is 0 Å². The minimum absolute atomic E-state index is 0.0102. The quantitative estimate of drug-likeness (QED) is 0.762. The third-order valence-corrected chi connectivity index (χ3v) is 4.28. The largest absolute Gasteiger partial charge is 0.433 e. The van der Waals surface area contributed by atoms with Crippen LogP contribution in [0, 0.1) is 12.8 Å². The van der Waals surface area contributed by atoms with Crippen LogP contribution in [0.1, 0.15) is 30.1 Å². The van der Waals surface area contributed by atoms with E-state index in [4.69, 9.17) is 4.74 Å². The molecule has 1 unspecified atom stereocenters. The molecule has 1 aromatic heterocycles. The number of carbonyl (C=O) groups is 2. The van der Waals surface area contributed by atoms with Crippen molar-refractivity contribution in [3.63, 3.8) is 0 Å². The van der Waals surface area contributed by atoms with Crippen LogP contribution >= 0.6 is 0 Å². The van der Waals surface area contributed by atoms with E-state index >= 15 is 0 Å². The van der Waals surface area contributed by atoms with Crippen LogP contribution in [0.15, 0.2) is 6.07 Å². The Balaban J connectivity index is 1.87. The number of nitrogens with one attached hydrogen (secondary N) is 1. The molecule has 0 aliphatic carbocycles. The first-order chi connectivity index (χ1) is 12.7. The Hall–Kier alpha value is -2.23. The van der Waals surface area contributed by atoms with Gasteiger partial charge in [-0.25, -0.2) is 9.97 Å². The fraction of sp³-hybridized carbons (Fsp3) is 0.647. The number of aromatic nitrogens is 2. The second-order valence-corrected chi connectivity index (χ2v) is 6.42. The fourth-order valence-electron chi connectivity index (χ4n) is 2.88. The number of aryl methyl sites for hydroxylation is 1.